The van der Waals surface area contributed by atoms with E-state index in [2.05, 4.69) is 19.7 Å². The van der Waals surface area contributed by atoms with Crippen molar-refractivity contribution in [3.05, 3.63) is 0 Å². The van der Waals surface area contributed by atoms with Gasteiger partial charge in [-0.2, -0.15) is 0 Å². The average Bonchev–Trinajstić information content (AvgIpc) is 0.767. The Morgan fingerprint density at radius 1 is 0.228 bits per heavy atom. The monoisotopic (exact) mass is 2040 g/mol. The molecular weight excluding hydrogens is 1920 g/mol. The zero-order valence-corrected chi connectivity index (χ0v) is 72.9. The molecule has 0 aliphatic carbocycles. The van der Waals surface area contributed by atoms with Crippen LogP contribution in [0.15, 0.2) is 0 Å². The van der Waals surface area contributed by atoms with Crippen LogP contribution in [0.1, 0.15) is 13.8 Å². The number of aliphatic hydroxyl groups is 31. The second-order valence-electron chi connectivity index (χ2n) is 33.6. The molecule has 11 aliphatic heterocycles. The molecule has 0 aromatic carbocycles. The molecule has 0 aromatic rings. The average molecular weight is 2040 g/mol. The highest BCUT2D eigenvalue weighted by Gasteiger charge is 2.63. The zero-order valence-electron chi connectivity index (χ0n) is 71.1. The second-order valence-corrected chi connectivity index (χ2v) is 36.0. The molecule has 0 saturated carbocycles. The Labute approximate surface area is 765 Å². The molecule has 0 bridgehead atoms. The standard InChI is InChI=1S/C70H120N2O62P2/c1-14(80)71-27-38(91)52(21(8-78)116-60(27)105)127-61-28(72-15(2)81)39(92)53(22(9-79)122-61)128-66-51(104)55(130-69-59(44(97)33(86)20(7-77)121-69)134-70-58(46(99)35(88)26(126-70)13-115-136(109,110)111)133-65-49(102)42(95)31(84)18(5-75)119-65)37(90)24(124-66)10-112-62-50(103)54(129-68-57(43(96)32(85)19(6-76)120-68)132-64-48(101)41(94)30(83)17(4-74)118-64)36(89)23(123-62)11-113-67-56(45(98)34(87)25(125-67)12-114-135(106,107)108)131-63-47(100)40(93)29(82)16(3-73)117-63/h16-70,73-79,82-105H,3-13H2,1-2H3,(H,71,80)(H,72,81)(H2,106,107,108)(H2,109,110,111)/t16-,17-,18-,19-,20-,21-,22-,23-,24-,25-,26-,27-,28-,29-,30-,31-,32-,33-,34-,35-,36-,37-,38-,39-,40+,41+,42+,43+,44+,45+,46+,47+,48+,49+,50+,51+,52-,53-,54+,55+,56+,57+,58+,59+,60-,61+,62+,63-,64-,65-,66+,67+,68-,69-,70-/m1/s1. The van der Waals surface area contributed by atoms with E-state index in [-0.39, 0.29) is 0 Å². The van der Waals surface area contributed by atoms with Crippen molar-refractivity contribution < 1.29 is 305 Å². The van der Waals surface area contributed by atoms with E-state index in [1.54, 1.807) is 0 Å². The molecule has 0 unspecified atom stereocenters. The third kappa shape index (κ3) is 25.8. The summed E-state index contributed by atoms with van der Waals surface area (Å²) in [4.78, 5) is 64.2. The van der Waals surface area contributed by atoms with Crippen molar-refractivity contribution >= 4 is 27.5 Å². The molecule has 0 aromatic heterocycles. The molecule has 55 atom stereocenters. The Morgan fingerprint density at radius 3 is 0.824 bits per heavy atom. The largest absolute Gasteiger partial charge is 0.469 e. The number of nitrogens with one attached hydrogen (secondary N) is 2. The van der Waals surface area contributed by atoms with Crippen molar-refractivity contribution in [2.75, 3.05) is 72.7 Å². The number of rotatable bonds is 37. The maximum Gasteiger partial charge on any atom is 0.469 e. The van der Waals surface area contributed by atoms with Crippen molar-refractivity contribution in [2.24, 2.45) is 0 Å². The first-order chi connectivity index (χ1) is 63.9. The van der Waals surface area contributed by atoms with E-state index in [0.29, 0.717) is 0 Å². The Hall–Kier alpha value is -2.92. The molecule has 136 heavy (non-hydrogen) atoms. The van der Waals surface area contributed by atoms with Crippen molar-refractivity contribution in [3.63, 3.8) is 0 Å². The Kier molecular flexibility index (Phi) is 40.5. The summed E-state index contributed by atoms with van der Waals surface area (Å²) in [5.74, 6) is -1.89. The topological polar surface area (TPSA) is 1010 Å². The molecule has 64 nitrogen and oxygen atoms in total. The number of phosphoric acid groups is 2. The Morgan fingerprint density at radius 2 is 0.463 bits per heavy atom. The third-order valence-corrected chi connectivity index (χ3v) is 25.2. The summed E-state index contributed by atoms with van der Waals surface area (Å²) in [5.41, 5.74) is 0. The Bertz CT molecular complexity index is 3790. The second kappa shape index (κ2) is 48.6. The van der Waals surface area contributed by atoms with E-state index >= 15 is 0 Å². The lowest BCUT2D eigenvalue weighted by Crippen LogP contribution is -2.70. The summed E-state index contributed by atoms with van der Waals surface area (Å²) in [7, 11) is -11.1. The molecule has 11 aliphatic rings. The van der Waals surface area contributed by atoms with Crippen LogP contribution in [-0.4, -0.2) is 600 Å². The zero-order chi connectivity index (χ0) is 100. The van der Waals surface area contributed by atoms with Crippen LogP contribution in [0.2, 0.25) is 0 Å². The van der Waals surface area contributed by atoms with Gasteiger partial charge in [0.1, 0.15) is 268 Å². The van der Waals surface area contributed by atoms with Crippen molar-refractivity contribution in [1.82, 2.24) is 10.6 Å². The predicted molar refractivity (Wildman–Crippen MR) is 407 cm³/mol. The number of carbonyl (C=O) groups excluding carboxylic acids is 2. The molecule has 37 N–H and O–H groups in total. The predicted octanol–water partition coefficient (Wildman–Crippen LogP) is -24.5. The lowest BCUT2D eigenvalue weighted by Gasteiger charge is -2.51. The van der Waals surface area contributed by atoms with Gasteiger partial charge in [-0.3, -0.25) is 18.6 Å². The number of hydrogen-bond donors (Lipinski definition) is 37. The number of aliphatic hydroxyl groups excluding tert-OH is 31. The summed E-state index contributed by atoms with van der Waals surface area (Å²) < 4.78 is 157. The van der Waals surface area contributed by atoms with E-state index in [0.717, 1.165) is 13.8 Å². The first-order valence-corrected chi connectivity index (χ1v) is 45.2. The van der Waals surface area contributed by atoms with Gasteiger partial charge in [-0.05, 0) is 0 Å². The fourth-order valence-electron chi connectivity index (χ4n) is 16.8. The van der Waals surface area contributed by atoms with Crippen molar-refractivity contribution in [2.45, 2.75) is 351 Å². The van der Waals surface area contributed by atoms with Gasteiger partial charge in [-0.25, -0.2) is 9.13 Å². The smallest absolute Gasteiger partial charge is 0.394 e. The quantitative estimate of drug-likeness (QED) is 0.0257. The number of amides is 2. The van der Waals surface area contributed by atoms with Crippen LogP contribution in [0.25, 0.3) is 0 Å². The van der Waals surface area contributed by atoms with Gasteiger partial charge < -0.3 is 288 Å². The summed E-state index contributed by atoms with van der Waals surface area (Å²) in [6.45, 7) is -12.1. The van der Waals surface area contributed by atoms with E-state index in [1.165, 1.54) is 0 Å². The van der Waals surface area contributed by atoms with Gasteiger partial charge in [-0.1, -0.05) is 0 Å². The lowest BCUT2D eigenvalue weighted by atomic mass is 9.94. The first kappa shape index (κ1) is 113. The van der Waals surface area contributed by atoms with Crippen LogP contribution in [0.4, 0.5) is 0 Å². The van der Waals surface area contributed by atoms with Crippen molar-refractivity contribution in [1.29, 1.82) is 0 Å². The molecule has 0 spiro atoms. The van der Waals surface area contributed by atoms with Gasteiger partial charge in [-0.15, -0.1) is 0 Å². The molecular formula is C70H120N2O62P2. The van der Waals surface area contributed by atoms with E-state index in [9.17, 15) is 197 Å². The minimum atomic E-state index is -5.57. The fraction of sp³-hybridized carbons (Fsp3) is 0.971. The summed E-state index contributed by atoms with van der Waals surface area (Å²) in [5, 5.41) is 354. The highest BCUT2D eigenvalue weighted by atomic mass is 31.2. The molecule has 11 saturated heterocycles. The van der Waals surface area contributed by atoms with Crippen LogP contribution in [-0.2, 0) is 127 Å². The van der Waals surface area contributed by atoms with Crippen LogP contribution in [0.3, 0.4) is 0 Å². The van der Waals surface area contributed by atoms with Gasteiger partial charge in [0.15, 0.2) is 69.2 Å². The molecule has 66 heteroatoms. The van der Waals surface area contributed by atoms with Gasteiger partial charge >= 0.3 is 15.6 Å². The van der Waals surface area contributed by atoms with E-state index < -0.39 is 438 Å². The molecule has 0 radical (unpaired) electrons. The number of carbonyl (C=O) groups is 2. The molecule has 2 amide bonds. The minimum absolute atomic E-state index is 0.853. The van der Waals surface area contributed by atoms with Crippen LogP contribution in [0.5, 0.6) is 0 Å². The van der Waals surface area contributed by atoms with Gasteiger partial charge in [0.25, 0.3) is 0 Å². The maximum atomic E-state index is 13.2. The number of ether oxygens (including phenoxy) is 21. The SMILES string of the molecule is CC(=O)N[C@@H]1[C@@H](O)[C@H](O[C@@H]2O[C@H](CO)[C@@H](O[C@@H]3O[C@H](CO[C@H]4O[C@H](CO[C@H]5O[C@H](COP(=O)(O)O)[C@@H](O)[C@H](O)[C@@H]5O[C@H]5O[C@H](CO)[C@@H](O)[C@H](O)[C@@H]5O)[C@@H](O)[C@H](O[C@H]5O[C@H](CO)[C@@H](O)[C@H](O)[C@@H]5O[C@H]5O[C@H](CO)[C@@H](O)[C@H](O)[C@@H]5O)[C@@H]4O)[C@@H](O)[C@H](O[C@H]4O[C@H](CO)[C@@H](O)[C@H](O)[C@@H]4O[C@H]4O[C@H](COP(=O)(O)O)[C@@H](O)[C@H](O)[C@@H]4O[C@H]4O[C@H](CO)[C@@H](O)[C@H](O)[C@@H]4O)[C@@H]3O)[C@H](O)[C@H]2NC(C)=O)[C@@H](CO)O[C@H]1O. The van der Waals surface area contributed by atoms with E-state index in [1.807, 2.05) is 0 Å². The fourth-order valence-corrected chi connectivity index (χ4v) is 17.5. The maximum absolute atomic E-state index is 13.2. The number of hydrogen-bond acceptors (Lipinski definition) is 58. The molecule has 11 rings (SSSR count). The molecule has 11 heterocycles. The summed E-state index contributed by atoms with van der Waals surface area (Å²) >= 11 is 0. The Balaban J connectivity index is 0.983. The highest BCUT2D eigenvalue weighted by molar-refractivity contribution is 7.46. The lowest BCUT2D eigenvalue weighted by molar-refractivity contribution is -0.408. The molecule has 11 fully saturated rings. The van der Waals surface area contributed by atoms with Crippen LogP contribution >= 0.6 is 15.6 Å². The van der Waals surface area contributed by atoms with Crippen LogP contribution in [0, 0.1) is 0 Å². The van der Waals surface area contributed by atoms with Crippen molar-refractivity contribution in [3.8, 4) is 0 Å². The van der Waals surface area contributed by atoms with Gasteiger partial charge in [0, 0.05) is 13.8 Å². The number of phosphoric ester groups is 2. The highest BCUT2D eigenvalue weighted by Crippen LogP contribution is 2.44. The molecule has 792 valence electrons. The van der Waals surface area contributed by atoms with E-state index in [4.69, 9.17) is 99.5 Å². The van der Waals surface area contributed by atoms with Crippen LogP contribution < -0.4 is 10.6 Å². The normalized spacial score (nSPS) is 49.6. The van der Waals surface area contributed by atoms with Gasteiger partial charge in [0.2, 0.25) is 11.8 Å². The van der Waals surface area contributed by atoms with Gasteiger partial charge in [0.05, 0.1) is 72.7 Å². The summed E-state index contributed by atoms with van der Waals surface area (Å²) in [6, 6.07) is -3.81. The first-order valence-electron chi connectivity index (χ1n) is 42.2. The summed E-state index contributed by atoms with van der Waals surface area (Å²) in [6.07, 6.45) is -123. The minimum Gasteiger partial charge on any atom is -0.394 e. The third-order valence-electron chi connectivity index (χ3n) is 24.2.